The van der Waals surface area contributed by atoms with Crippen molar-refractivity contribution in [3.8, 4) is 5.75 Å². The maximum absolute atomic E-state index is 13.4. The molecule has 0 saturated carbocycles. The SMILES string of the molecule is CCOC(=O)c1ccccc1NC(=O)COc1ccccc1F. The van der Waals surface area contributed by atoms with Crippen molar-refractivity contribution in [2.45, 2.75) is 6.92 Å². The Balaban J connectivity index is 2.01. The number of halogens is 1. The van der Waals surface area contributed by atoms with Crippen LogP contribution in [0.2, 0.25) is 0 Å². The van der Waals surface area contributed by atoms with Crippen LogP contribution in [0.1, 0.15) is 17.3 Å². The van der Waals surface area contributed by atoms with E-state index >= 15 is 0 Å². The van der Waals surface area contributed by atoms with Crippen LogP contribution in [0.3, 0.4) is 0 Å². The van der Waals surface area contributed by atoms with Crippen LogP contribution in [0.15, 0.2) is 48.5 Å². The quantitative estimate of drug-likeness (QED) is 0.832. The van der Waals surface area contributed by atoms with Gasteiger partial charge in [-0.1, -0.05) is 24.3 Å². The number of amides is 1. The normalized spacial score (nSPS) is 10.0. The Kier molecular flexibility index (Phi) is 5.68. The number of hydrogen-bond acceptors (Lipinski definition) is 4. The Morgan fingerprint density at radius 1 is 1.09 bits per heavy atom. The first-order chi connectivity index (χ1) is 11.1. The molecule has 0 aliphatic rings. The van der Waals surface area contributed by atoms with Crippen molar-refractivity contribution in [3.05, 3.63) is 59.9 Å². The van der Waals surface area contributed by atoms with Crippen molar-refractivity contribution in [2.24, 2.45) is 0 Å². The maximum atomic E-state index is 13.4. The molecule has 23 heavy (non-hydrogen) atoms. The molecule has 0 heterocycles. The van der Waals surface area contributed by atoms with E-state index in [2.05, 4.69) is 5.32 Å². The molecule has 0 aliphatic carbocycles. The Bertz CT molecular complexity index is 702. The van der Waals surface area contributed by atoms with E-state index in [1.54, 1.807) is 37.3 Å². The molecule has 2 rings (SSSR count). The molecule has 120 valence electrons. The van der Waals surface area contributed by atoms with Gasteiger partial charge in [0, 0.05) is 0 Å². The van der Waals surface area contributed by atoms with Crippen molar-refractivity contribution in [3.63, 3.8) is 0 Å². The van der Waals surface area contributed by atoms with E-state index in [-0.39, 0.29) is 24.5 Å². The molecular weight excluding hydrogens is 301 g/mol. The van der Waals surface area contributed by atoms with E-state index in [1.807, 2.05) is 0 Å². The molecule has 0 radical (unpaired) electrons. The van der Waals surface area contributed by atoms with Gasteiger partial charge in [0.05, 0.1) is 17.9 Å². The highest BCUT2D eigenvalue weighted by Crippen LogP contribution is 2.17. The number of ether oxygens (including phenoxy) is 2. The lowest BCUT2D eigenvalue weighted by Crippen LogP contribution is -2.22. The summed E-state index contributed by atoms with van der Waals surface area (Å²) in [6.07, 6.45) is 0. The van der Waals surface area contributed by atoms with Crippen LogP contribution in [0.25, 0.3) is 0 Å². The number of para-hydroxylation sites is 2. The number of rotatable bonds is 6. The summed E-state index contributed by atoms with van der Waals surface area (Å²) < 4.78 is 23.4. The van der Waals surface area contributed by atoms with E-state index in [9.17, 15) is 14.0 Å². The number of carbonyl (C=O) groups is 2. The molecule has 0 fully saturated rings. The molecule has 1 amide bonds. The molecule has 0 aliphatic heterocycles. The summed E-state index contributed by atoms with van der Waals surface area (Å²) in [5.41, 5.74) is 0.557. The molecule has 2 aromatic rings. The zero-order chi connectivity index (χ0) is 16.7. The van der Waals surface area contributed by atoms with Gasteiger partial charge in [-0.3, -0.25) is 4.79 Å². The Morgan fingerprint density at radius 3 is 2.52 bits per heavy atom. The topological polar surface area (TPSA) is 64.6 Å². The zero-order valence-corrected chi connectivity index (χ0v) is 12.5. The lowest BCUT2D eigenvalue weighted by molar-refractivity contribution is -0.118. The molecule has 5 nitrogen and oxygen atoms in total. The van der Waals surface area contributed by atoms with Crippen LogP contribution in [0, 0.1) is 5.82 Å². The van der Waals surface area contributed by atoms with Gasteiger partial charge < -0.3 is 14.8 Å². The second kappa shape index (κ2) is 7.93. The first-order valence-corrected chi connectivity index (χ1v) is 7.05. The Hall–Kier alpha value is -2.89. The first kappa shape index (κ1) is 16.5. The lowest BCUT2D eigenvalue weighted by Gasteiger charge is -2.11. The van der Waals surface area contributed by atoms with Gasteiger partial charge in [0.25, 0.3) is 5.91 Å². The van der Waals surface area contributed by atoms with Crippen molar-refractivity contribution >= 4 is 17.6 Å². The fourth-order valence-corrected chi connectivity index (χ4v) is 1.87. The average Bonchev–Trinajstić information content (AvgIpc) is 2.55. The summed E-state index contributed by atoms with van der Waals surface area (Å²) in [5.74, 6) is -1.60. The fourth-order valence-electron chi connectivity index (χ4n) is 1.87. The smallest absolute Gasteiger partial charge is 0.340 e. The highest BCUT2D eigenvalue weighted by molar-refractivity contribution is 6.01. The summed E-state index contributed by atoms with van der Waals surface area (Å²) in [5, 5.41) is 2.55. The number of benzene rings is 2. The van der Waals surface area contributed by atoms with Crippen molar-refractivity contribution in [1.82, 2.24) is 0 Å². The third-order valence-corrected chi connectivity index (χ3v) is 2.89. The minimum absolute atomic E-state index is 0.0127. The highest BCUT2D eigenvalue weighted by atomic mass is 19.1. The van der Waals surface area contributed by atoms with Crippen LogP contribution in [0.5, 0.6) is 5.75 Å². The zero-order valence-electron chi connectivity index (χ0n) is 12.5. The molecule has 0 bridgehead atoms. The monoisotopic (exact) mass is 317 g/mol. The molecule has 6 heteroatoms. The van der Waals surface area contributed by atoms with Gasteiger partial charge in [0.2, 0.25) is 0 Å². The molecular formula is C17H16FNO4. The molecule has 1 N–H and O–H groups in total. The van der Waals surface area contributed by atoms with Gasteiger partial charge in [0.15, 0.2) is 18.2 Å². The van der Waals surface area contributed by atoms with Gasteiger partial charge in [-0.05, 0) is 31.2 Å². The van der Waals surface area contributed by atoms with Gasteiger partial charge in [0.1, 0.15) is 0 Å². The standard InChI is InChI=1S/C17H16FNO4/c1-2-22-17(21)12-7-3-5-9-14(12)19-16(20)11-23-15-10-6-4-8-13(15)18/h3-10H,2,11H2,1H3,(H,19,20). The van der Waals surface area contributed by atoms with Crippen molar-refractivity contribution in [1.29, 1.82) is 0 Å². The van der Waals surface area contributed by atoms with Crippen LogP contribution in [-0.4, -0.2) is 25.1 Å². The van der Waals surface area contributed by atoms with E-state index in [0.29, 0.717) is 5.69 Å². The highest BCUT2D eigenvalue weighted by Gasteiger charge is 2.14. The largest absolute Gasteiger partial charge is 0.481 e. The minimum atomic E-state index is -0.549. The molecule has 0 saturated heterocycles. The number of anilines is 1. The summed E-state index contributed by atoms with van der Waals surface area (Å²) in [6.45, 7) is 1.55. The van der Waals surface area contributed by atoms with Gasteiger partial charge >= 0.3 is 5.97 Å². The third-order valence-electron chi connectivity index (χ3n) is 2.89. The number of hydrogen-bond donors (Lipinski definition) is 1. The van der Waals surface area contributed by atoms with Crippen LogP contribution < -0.4 is 10.1 Å². The van der Waals surface area contributed by atoms with Gasteiger partial charge in [-0.25, -0.2) is 9.18 Å². The average molecular weight is 317 g/mol. The second-order valence-electron chi connectivity index (χ2n) is 4.53. The maximum Gasteiger partial charge on any atom is 0.340 e. The van der Waals surface area contributed by atoms with Crippen LogP contribution >= 0.6 is 0 Å². The Labute approximate surface area is 133 Å². The summed E-state index contributed by atoms with van der Waals surface area (Å²) in [4.78, 5) is 23.7. The molecule has 0 aromatic heterocycles. The molecule has 2 aromatic carbocycles. The molecule has 0 unspecified atom stereocenters. The lowest BCUT2D eigenvalue weighted by atomic mass is 10.2. The molecule has 0 spiro atoms. The Morgan fingerprint density at radius 2 is 1.78 bits per heavy atom. The van der Waals surface area contributed by atoms with Crippen molar-refractivity contribution < 1.29 is 23.5 Å². The van der Waals surface area contributed by atoms with Gasteiger partial charge in [-0.2, -0.15) is 0 Å². The summed E-state index contributed by atoms with van der Waals surface area (Å²) >= 11 is 0. The predicted molar refractivity (Wildman–Crippen MR) is 82.9 cm³/mol. The van der Waals surface area contributed by atoms with E-state index in [1.165, 1.54) is 18.2 Å². The van der Waals surface area contributed by atoms with Crippen molar-refractivity contribution in [2.75, 3.05) is 18.5 Å². The van der Waals surface area contributed by atoms with E-state index in [0.717, 1.165) is 0 Å². The predicted octanol–water partition coefficient (Wildman–Crippen LogP) is 3.02. The summed E-state index contributed by atoms with van der Waals surface area (Å²) in [7, 11) is 0. The third kappa shape index (κ3) is 4.54. The number of carbonyl (C=O) groups excluding carboxylic acids is 2. The summed E-state index contributed by atoms with van der Waals surface area (Å²) in [6, 6.07) is 12.3. The second-order valence-corrected chi connectivity index (χ2v) is 4.53. The number of nitrogens with one attached hydrogen (secondary N) is 1. The van der Waals surface area contributed by atoms with E-state index in [4.69, 9.17) is 9.47 Å². The minimum Gasteiger partial charge on any atom is -0.481 e. The van der Waals surface area contributed by atoms with Gasteiger partial charge in [-0.15, -0.1) is 0 Å². The van der Waals surface area contributed by atoms with E-state index < -0.39 is 17.7 Å². The van der Waals surface area contributed by atoms with Crippen LogP contribution in [-0.2, 0) is 9.53 Å². The fraction of sp³-hybridized carbons (Fsp3) is 0.176. The molecule has 0 atom stereocenters. The van der Waals surface area contributed by atoms with Crippen LogP contribution in [0.4, 0.5) is 10.1 Å². The number of esters is 1. The first-order valence-electron chi connectivity index (χ1n) is 7.05.